The van der Waals surface area contributed by atoms with E-state index < -0.39 is 0 Å². The Morgan fingerprint density at radius 1 is 1.21 bits per heavy atom. The van der Waals surface area contributed by atoms with E-state index in [1.54, 1.807) is 11.8 Å². The summed E-state index contributed by atoms with van der Waals surface area (Å²) in [6, 6.07) is 13.5. The van der Waals surface area contributed by atoms with E-state index in [1.165, 1.54) is 0 Å². The van der Waals surface area contributed by atoms with Gasteiger partial charge < -0.3 is 14.8 Å². The molecule has 0 radical (unpaired) electrons. The van der Waals surface area contributed by atoms with E-state index in [4.69, 9.17) is 9.47 Å². The van der Waals surface area contributed by atoms with E-state index in [0.29, 0.717) is 11.3 Å². The number of benzene rings is 2. The lowest BCUT2D eigenvalue weighted by Crippen LogP contribution is -2.24. The zero-order valence-electron chi connectivity index (χ0n) is 16.5. The summed E-state index contributed by atoms with van der Waals surface area (Å²) in [5.74, 6) is 8.22. The molecule has 1 amide bonds. The van der Waals surface area contributed by atoms with Crippen molar-refractivity contribution >= 4 is 17.7 Å². The number of amides is 1. The quantitative estimate of drug-likeness (QED) is 0.584. The Balaban J connectivity index is 1.50. The van der Waals surface area contributed by atoms with Crippen molar-refractivity contribution in [3.8, 4) is 23.3 Å². The highest BCUT2D eigenvalue weighted by Crippen LogP contribution is 2.41. The highest BCUT2D eigenvalue weighted by Gasteiger charge is 2.32. The molecule has 2 aromatic carbocycles. The van der Waals surface area contributed by atoms with E-state index in [0.717, 1.165) is 28.4 Å². The van der Waals surface area contributed by atoms with Crippen LogP contribution in [-0.4, -0.2) is 30.4 Å². The molecule has 1 N–H and O–H groups in total. The summed E-state index contributed by atoms with van der Waals surface area (Å²) in [5, 5.41) is 2.84. The molecule has 0 aromatic heterocycles. The maximum atomic E-state index is 12.3. The largest absolute Gasteiger partial charge is 0.483 e. The Labute approximate surface area is 171 Å². The Morgan fingerprint density at radius 3 is 2.86 bits per heavy atom. The summed E-state index contributed by atoms with van der Waals surface area (Å²) in [6.07, 6.45) is 0.870. The predicted octanol–water partition coefficient (Wildman–Crippen LogP) is 4.32. The first-order valence-corrected chi connectivity index (χ1v) is 10.4. The smallest absolute Gasteiger partial charge is 0.253 e. The second kappa shape index (κ2) is 9.07. The number of para-hydroxylation sites is 1. The van der Waals surface area contributed by atoms with Crippen LogP contribution in [0.15, 0.2) is 47.4 Å². The third kappa shape index (κ3) is 5.02. The molecule has 0 saturated heterocycles. The Morgan fingerprint density at radius 2 is 2.04 bits per heavy atom. The molecular weight excluding hydrogens is 370 g/mol. The van der Waals surface area contributed by atoms with Crippen LogP contribution in [0.5, 0.6) is 11.5 Å². The average molecular weight is 396 g/mol. The normalized spacial score (nSPS) is 13.7. The van der Waals surface area contributed by atoms with Crippen LogP contribution in [0.1, 0.15) is 36.7 Å². The molecule has 1 aliphatic rings. The van der Waals surface area contributed by atoms with Crippen LogP contribution < -0.4 is 14.8 Å². The fourth-order valence-electron chi connectivity index (χ4n) is 3.08. The van der Waals surface area contributed by atoms with Gasteiger partial charge in [0.05, 0.1) is 12.1 Å². The molecular formula is C23H25NO3S. The maximum Gasteiger partial charge on any atom is 0.253 e. The zero-order valence-corrected chi connectivity index (χ0v) is 17.3. The molecule has 1 aliphatic heterocycles. The van der Waals surface area contributed by atoms with Crippen molar-refractivity contribution in [2.45, 2.75) is 37.7 Å². The van der Waals surface area contributed by atoms with E-state index in [-0.39, 0.29) is 24.7 Å². The molecule has 5 heteroatoms. The number of thioether (sulfide) groups is 1. The van der Waals surface area contributed by atoms with Crippen molar-refractivity contribution in [2.24, 2.45) is 0 Å². The predicted molar refractivity (Wildman–Crippen MR) is 113 cm³/mol. The van der Waals surface area contributed by atoms with Crippen molar-refractivity contribution in [1.82, 2.24) is 5.32 Å². The highest BCUT2D eigenvalue weighted by atomic mass is 32.2. The molecule has 0 saturated carbocycles. The first kappa shape index (κ1) is 20.2. The van der Waals surface area contributed by atoms with Gasteiger partial charge in [-0.1, -0.05) is 43.0 Å². The van der Waals surface area contributed by atoms with Crippen molar-refractivity contribution in [3.05, 3.63) is 53.6 Å². The van der Waals surface area contributed by atoms with Crippen LogP contribution in [0.3, 0.4) is 0 Å². The molecule has 3 rings (SSSR count). The average Bonchev–Trinajstić information content (AvgIpc) is 2.99. The molecule has 2 aromatic rings. The number of carbonyl (C=O) groups is 1. The minimum Gasteiger partial charge on any atom is -0.483 e. The Bertz CT molecular complexity index is 912. The van der Waals surface area contributed by atoms with Crippen LogP contribution in [-0.2, 0) is 6.42 Å². The van der Waals surface area contributed by atoms with E-state index in [1.807, 2.05) is 36.4 Å². The van der Waals surface area contributed by atoms with Crippen molar-refractivity contribution in [3.63, 3.8) is 0 Å². The number of nitrogens with one attached hydrogen (secondary N) is 1. The molecule has 4 nitrogen and oxygen atoms in total. The number of ether oxygens (including phenoxy) is 2. The summed E-state index contributed by atoms with van der Waals surface area (Å²) in [5.41, 5.74) is 1.64. The van der Waals surface area contributed by atoms with Crippen molar-refractivity contribution in [2.75, 3.05) is 18.9 Å². The summed E-state index contributed by atoms with van der Waals surface area (Å²) in [6.45, 7) is 6.73. The van der Waals surface area contributed by atoms with Gasteiger partial charge >= 0.3 is 0 Å². The molecule has 0 fully saturated rings. The van der Waals surface area contributed by atoms with Gasteiger partial charge in [0, 0.05) is 16.9 Å². The fourth-order valence-corrected chi connectivity index (χ4v) is 3.89. The fraction of sp³-hybridized carbons (Fsp3) is 0.348. The molecule has 0 aliphatic carbocycles. The summed E-state index contributed by atoms with van der Waals surface area (Å²) in [4.78, 5) is 13.3. The van der Waals surface area contributed by atoms with Crippen molar-refractivity contribution in [1.29, 1.82) is 0 Å². The SMILES string of the molecule is CCSc1ccccc1C(=O)NCC#CCOc1cccc2c1OC(C)(C)C2. The van der Waals surface area contributed by atoms with Gasteiger partial charge in [0.1, 0.15) is 12.2 Å². The molecule has 0 unspecified atom stereocenters. The summed E-state index contributed by atoms with van der Waals surface area (Å²) < 4.78 is 11.8. The standard InChI is InChI=1S/C23H25NO3S/c1-4-28-20-13-6-5-11-18(20)22(25)24-14-7-8-15-26-19-12-9-10-17-16-23(2,3)27-21(17)19/h5-6,9-13H,4,14-16H2,1-3H3,(H,24,25). The van der Waals surface area contributed by atoms with E-state index >= 15 is 0 Å². The van der Waals surface area contributed by atoms with Crippen LogP contribution in [0, 0.1) is 11.8 Å². The van der Waals surface area contributed by atoms with Gasteiger partial charge in [0.2, 0.25) is 0 Å². The molecule has 0 spiro atoms. The number of hydrogen-bond donors (Lipinski definition) is 1. The Hall–Kier alpha value is -2.58. The second-order valence-corrected chi connectivity index (χ2v) is 8.34. The van der Waals surface area contributed by atoms with E-state index in [9.17, 15) is 4.79 Å². The van der Waals surface area contributed by atoms with Gasteiger partial charge in [0.25, 0.3) is 5.91 Å². The molecule has 1 heterocycles. The molecule has 0 atom stereocenters. The zero-order chi connectivity index (χ0) is 20.0. The van der Waals surface area contributed by atoms with Crippen LogP contribution in [0.25, 0.3) is 0 Å². The summed E-state index contributed by atoms with van der Waals surface area (Å²) in [7, 11) is 0. The second-order valence-electron chi connectivity index (χ2n) is 7.04. The van der Waals surface area contributed by atoms with Gasteiger partial charge in [-0.05, 0) is 37.8 Å². The lowest BCUT2D eigenvalue weighted by Gasteiger charge is -2.17. The number of hydrogen-bond acceptors (Lipinski definition) is 4. The minimum absolute atomic E-state index is 0.108. The van der Waals surface area contributed by atoms with Gasteiger partial charge in [-0.15, -0.1) is 11.8 Å². The van der Waals surface area contributed by atoms with Gasteiger partial charge in [-0.3, -0.25) is 4.79 Å². The van der Waals surface area contributed by atoms with Crippen molar-refractivity contribution < 1.29 is 14.3 Å². The first-order valence-electron chi connectivity index (χ1n) is 9.39. The Kier molecular flexibility index (Phi) is 6.53. The third-order valence-corrected chi connectivity index (χ3v) is 5.20. The third-order valence-electron chi connectivity index (χ3n) is 4.25. The monoisotopic (exact) mass is 395 g/mol. The minimum atomic E-state index is -0.204. The maximum absolute atomic E-state index is 12.3. The van der Waals surface area contributed by atoms with Crippen LogP contribution >= 0.6 is 11.8 Å². The number of fused-ring (bicyclic) bond motifs is 1. The first-order chi connectivity index (χ1) is 13.5. The highest BCUT2D eigenvalue weighted by molar-refractivity contribution is 7.99. The number of rotatable bonds is 6. The van der Waals surface area contributed by atoms with Crippen LogP contribution in [0.2, 0.25) is 0 Å². The van der Waals surface area contributed by atoms with E-state index in [2.05, 4.69) is 44.0 Å². The van der Waals surface area contributed by atoms with Gasteiger partial charge in [-0.2, -0.15) is 0 Å². The molecule has 0 bridgehead atoms. The van der Waals surface area contributed by atoms with Crippen LogP contribution in [0.4, 0.5) is 0 Å². The topological polar surface area (TPSA) is 47.6 Å². The summed E-state index contributed by atoms with van der Waals surface area (Å²) >= 11 is 1.66. The van der Waals surface area contributed by atoms with Gasteiger partial charge in [0.15, 0.2) is 11.5 Å². The molecule has 28 heavy (non-hydrogen) atoms. The molecule has 146 valence electrons. The number of carbonyl (C=O) groups excluding carboxylic acids is 1. The lowest BCUT2D eigenvalue weighted by atomic mass is 10.0. The lowest BCUT2D eigenvalue weighted by molar-refractivity contribution is 0.0955. The van der Waals surface area contributed by atoms with Gasteiger partial charge in [-0.25, -0.2) is 0 Å².